The van der Waals surface area contributed by atoms with Gasteiger partial charge in [0, 0.05) is 0 Å². The van der Waals surface area contributed by atoms with Crippen LogP contribution in [0.1, 0.15) is 194 Å². The van der Waals surface area contributed by atoms with E-state index in [9.17, 15) is 0 Å². The number of nitrogens with zero attached hydrogens (tertiary/aromatic N) is 2. The molecule has 0 aliphatic carbocycles. The van der Waals surface area contributed by atoms with Gasteiger partial charge >= 0.3 is 0 Å². The Bertz CT molecular complexity index is 897. The van der Waals surface area contributed by atoms with E-state index in [1.54, 1.807) is 11.3 Å². The molecule has 2 heterocycles. The van der Waals surface area contributed by atoms with Crippen molar-refractivity contribution in [3.05, 3.63) is 7.57 Å². The van der Waals surface area contributed by atoms with Crippen LogP contribution in [0.4, 0.5) is 0 Å². The van der Waals surface area contributed by atoms with E-state index in [0.717, 1.165) is 31.4 Å². The minimum absolute atomic E-state index is 0.536. The molecule has 2 aromatic heterocycles. The Hall–Kier alpha value is -0.400. The molecule has 0 unspecified atom stereocenters. The number of halogens is 2. The molecule has 0 bridgehead atoms. The van der Waals surface area contributed by atoms with E-state index in [4.69, 9.17) is 19.4 Å². The standard InChI is InChI=1S/C38H66Br2N2O2S/c1-3-5-7-9-11-13-15-17-19-21-23-25-27-29-31-43-37-38(42-34-33(41-37)35(39)45-36(34)40)44-32-30-28-26-24-22-20-18-16-14-12-10-8-6-4-2/h3-32H2,1-2H3. The number of aromatic nitrogens is 2. The van der Waals surface area contributed by atoms with Gasteiger partial charge in [-0.1, -0.05) is 181 Å². The smallest absolute Gasteiger partial charge is 0.278 e. The van der Waals surface area contributed by atoms with Crippen LogP contribution in [-0.2, 0) is 0 Å². The molecular formula is C38H66Br2N2O2S. The van der Waals surface area contributed by atoms with E-state index in [0.29, 0.717) is 25.0 Å². The molecule has 0 saturated carbocycles. The highest BCUT2D eigenvalue weighted by Crippen LogP contribution is 2.40. The number of thiophene rings is 1. The largest absolute Gasteiger partial charge is 0.474 e. The second-order valence-corrected chi connectivity index (χ2v) is 16.7. The van der Waals surface area contributed by atoms with E-state index in [2.05, 4.69) is 45.7 Å². The molecule has 0 atom stereocenters. The van der Waals surface area contributed by atoms with Crippen LogP contribution in [0, 0.1) is 0 Å². The fourth-order valence-corrected chi connectivity index (χ4v) is 8.78. The fourth-order valence-electron chi connectivity index (χ4n) is 5.97. The predicted molar refractivity (Wildman–Crippen MR) is 204 cm³/mol. The molecule has 0 aliphatic rings. The van der Waals surface area contributed by atoms with Gasteiger partial charge in [-0.05, 0) is 44.7 Å². The summed E-state index contributed by atoms with van der Waals surface area (Å²) in [4.78, 5) is 9.62. The lowest BCUT2D eigenvalue weighted by atomic mass is 10.0. The Balaban J connectivity index is 1.56. The minimum Gasteiger partial charge on any atom is -0.474 e. The summed E-state index contributed by atoms with van der Waals surface area (Å²) >= 11 is 8.87. The normalized spacial score (nSPS) is 11.6. The molecule has 0 radical (unpaired) electrons. The molecule has 260 valence electrons. The predicted octanol–water partition coefficient (Wildman–Crippen LogP) is 14.9. The molecule has 0 fully saturated rings. The van der Waals surface area contributed by atoms with Gasteiger partial charge in [-0.2, -0.15) is 0 Å². The van der Waals surface area contributed by atoms with Crippen molar-refractivity contribution >= 4 is 54.2 Å². The number of rotatable bonds is 32. The highest BCUT2D eigenvalue weighted by atomic mass is 79.9. The summed E-state index contributed by atoms with van der Waals surface area (Å²) < 4.78 is 14.3. The highest BCUT2D eigenvalue weighted by molar-refractivity contribution is 9.12. The Labute approximate surface area is 298 Å². The lowest BCUT2D eigenvalue weighted by Gasteiger charge is -2.11. The molecule has 0 aromatic carbocycles. The summed E-state index contributed by atoms with van der Waals surface area (Å²) in [5.74, 6) is 1.07. The van der Waals surface area contributed by atoms with Crippen molar-refractivity contribution in [3.8, 4) is 11.8 Å². The first-order valence-electron chi connectivity index (χ1n) is 19.1. The van der Waals surface area contributed by atoms with Gasteiger partial charge in [0.1, 0.15) is 11.0 Å². The summed E-state index contributed by atoms with van der Waals surface area (Å²) in [6.07, 6.45) is 37.9. The molecule has 0 amide bonds. The van der Waals surface area contributed by atoms with Gasteiger partial charge in [-0.25, -0.2) is 9.97 Å². The molecule has 45 heavy (non-hydrogen) atoms. The number of hydrogen-bond donors (Lipinski definition) is 0. The number of unbranched alkanes of at least 4 members (excludes halogenated alkanes) is 26. The van der Waals surface area contributed by atoms with E-state index in [1.807, 2.05) is 0 Å². The lowest BCUT2D eigenvalue weighted by Crippen LogP contribution is -2.06. The van der Waals surface area contributed by atoms with Gasteiger partial charge in [0.05, 0.1) is 20.8 Å². The number of ether oxygens (including phenoxy) is 2. The van der Waals surface area contributed by atoms with Crippen molar-refractivity contribution in [1.82, 2.24) is 9.97 Å². The SMILES string of the molecule is CCCCCCCCCCCCCCCCOc1nc2c(Br)sc(Br)c2nc1OCCCCCCCCCCCCCCCC. The maximum atomic E-state index is 6.16. The van der Waals surface area contributed by atoms with Crippen molar-refractivity contribution in [2.45, 2.75) is 194 Å². The van der Waals surface area contributed by atoms with Crippen LogP contribution in [0.5, 0.6) is 11.8 Å². The van der Waals surface area contributed by atoms with Crippen LogP contribution in [0.3, 0.4) is 0 Å². The van der Waals surface area contributed by atoms with E-state index in [1.165, 1.54) is 167 Å². The zero-order valence-electron chi connectivity index (χ0n) is 29.1. The molecule has 0 N–H and O–H groups in total. The molecular weight excluding hydrogens is 708 g/mol. The van der Waals surface area contributed by atoms with Gasteiger partial charge in [-0.15, -0.1) is 11.3 Å². The molecule has 2 aromatic rings. The van der Waals surface area contributed by atoms with Crippen molar-refractivity contribution in [1.29, 1.82) is 0 Å². The van der Waals surface area contributed by atoms with E-state index >= 15 is 0 Å². The fraction of sp³-hybridized carbons (Fsp3) is 0.842. The summed E-state index contributed by atoms with van der Waals surface area (Å²) in [5.41, 5.74) is 1.68. The Morgan fingerprint density at radius 1 is 0.400 bits per heavy atom. The van der Waals surface area contributed by atoms with Gasteiger partial charge < -0.3 is 9.47 Å². The molecule has 0 spiro atoms. The average molecular weight is 775 g/mol. The van der Waals surface area contributed by atoms with Crippen LogP contribution in [0.15, 0.2) is 7.57 Å². The van der Waals surface area contributed by atoms with Crippen LogP contribution in [-0.4, -0.2) is 23.2 Å². The maximum Gasteiger partial charge on any atom is 0.278 e. The monoisotopic (exact) mass is 772 g/mol. The first-order chi connectivity index (χ1) is 22.2. The van der Waals surface area contributed by atoms with Crippen molar-refractivity contribution < 1.29 is 9.47 Å². The third kappa shape index (κ3) is 19.9. The molecule has 0 saturated heterocycles. The first-order valence-corrected chi connectivity index (χ1v) is 21.5. The summed E-state index contributed by atoms with van der Waals surface area (Å²) in [6.45, 7) is 5.91. The Kier molecular flexibility index (Phi) is 25.9. The zero-order valence-corrected chi connectivity index (χ0v) is 33.1. The van der Waals surface area contributed by atoms with Crippen LogP contribution < -0.4 is 9.47 Å². The highest BCUT2D eigenvalue weighted by Gasteiger charge is 2.18. The van der Waals surface area contributed by atoms with Crippen molar-refractivity contribution in [2.75, 3.05) is 13.2 Å². The number of fused-ring (bicyclic) bond motifs is 1. The van der Waals surface area contributed by atoms with Crippen molar-refractivity contribution in [3.63, 3.8) is 0 Å². The summed E-state index contributed by atoms with van der Waals surface area (Å²) in [7, 11) is 0. The maximum absolute atomic E-state index is 6.16. The lowest BCUT2D eigenvalue weighted by molar-refractivity contribution is 0.243. The van der Waals surface area contributed by atoms with Gasteiger partial charge in [-0.3, -0.25) is 0 Å². The van der Waals surface area contributed by atoms with Gasteiger partial charge in [0.15, 0.2) is 0 Å². The van der Waals surface area contributed by atoms with Gasteiger partial charge in [0.2, 0.25) is 0 Å². The van der Waals surface area contributed by atoms with Crippen molar-refractivity contribution in [2.24, 2.45) is 0 Å². The van der Waals surface area contributed by atoms with E-state index < -0.39 is 0 Å². The first kappa shape index (κ1) is 40.8. The van der Waals surface area contributed by atoms with Crippen LogP contribution in [0.25, 0.3) is 11.0 Å². The van der Waals surface area contributed by atoms with Crippen LogP contribution in [0.2, 0.25) is 0 Å². The molecule has 7 heteroatoms. The van der Waals surface area contributed by atoms with Crippen LogP contribution >= 0.6 is 43.2 Å². The third-order valence-electron chi connectivity index (χ3n) is 8.86. The Morgan fingerprint density at radius 2 is 0.644 bits per heavy atom. The second kappa shape index (κ2) is 28.6. The quantitative estimate of drug-likeness (QED) is 0.0695. The third-order valence-corrected chi connectivity index (χ3v) is 11.3. The second-order valence-electron chi connectivity index (χ2n) is 13.1. The molecule has 0 aliphatic heterocycles. The number of hydrogen-bond acceptors (Lipinski definition) is 5. The zero-order chi connectivity index (χ0) is 32.2. The molecule has 4 nitrogen and oxygen atoms in total. The average Bonchev–Trinajstić information content (AvgIpc) is 3.32. The Morgan fingerprint density at radius 3 is 0.911 bits per heavy atom. The minimum atomic E-state index is 0.536. The summed E-state index contributed by atoms with van der Waals surface area (Å²) in [5, 5.41) is 0. The molecule has 2 rings (SSSR count). The van der Waals surface area contributed by atoms with Gasteiger partial charge in [0.25, 0.3) is 11.8 Å². The van der Waals surface area contributed by atoms with E-state index in [-0.39, 0.29) is 0 Å². The summed E-state index contributed by atoms with van der Waals surface area (Å²) in [6, 6.07) is 0. The topological polar surface area (TPSA) is 44.2 Å².